The van der Waals surface area contributed by atoms with Crippen LogP contribution in [0.15, 0.2) is 36.0 Å². The van der Waals surface area contributed by atoms with Crippen LogP contribution in [0, 0.1) is 6.92 Å². The largest absolute Gasteiger partial charge is 0.470 e. The molecular weight excluding hydrogens is 340 g/mol. The lowest BCUT2D eigenvalue weighted by Crippen LogP contribution is -2.51. The van der Waals surface area contributed by atoms with Gasteiger partial charge in [0.15, 0.2) is 4.96 Å². The number of aryl methyl sites for hydroxylation is 1. The molecule has 1 saturated heterocycles. The van der Waals surface area contributed by atoms with Crippen molar-refractivity contribution in [2.45, 2.75) is 25.5 Å². The topological polar surface area (TPSA) is 77.8 Å². The predicted octanol–water partition coefficient (Wildman–Crippen LogP) is 2.07. The van der Waals surface area contributed by atoms with Crippen molar-refractivity contribution in [2.75, 3.05) is 13.2 Å². The van der Waals surface area contributed by atoms with E-state index >= 15 is 0 Å². The maximum Gasteiger partial charge on any atom is 0.270 e. The first kappa shape index (κ1) is 16.0. The van der Waals surface area contributed by atoms with Crippen LogP contribution in [0.4, 0.5) is 0 Å². The summed E-state index contributed by atoms with van der Waals surface area (Å²) in [4.78, 5) is 22.3. The normalized spacial score (nSPS) is 20.5. The zero-order valence-corrected chi connectivity index (χ0v) is 14.5. The lowest BCUT2D eigenvalue weighted by atomic mass is 10.1. The number of carbonyl (C=O) groups excluding carboxylic acids is 1. The molecule has 3 aromatic rings. The van der Waals surface area contributed by atoms with Crippen LogP contribution in [0.2, 0.25) is 0 Å². The molecular formula is C17H18N4O3S. The summed E-state index contributed by atoms with van der Waals surface area (Å²) >= 11 is 1.51. The molecule has 3 aromatic heterocycles. The maximum atomic E-state index is 12.8. The number of aromatic nitrogens is 3. The third-order valence-electron chi connectivity index (χ3n) is 4.18. The van der Waals surface area contributed by atoms with E-state index in [0.29, 0.717) is 31.2 Å². The number of imidazole rings is 1. The van der Waals surface area contributed by atoms with Crippen molar-refractivity contribution in [3.8, 4) is 5.88 Å². The van der Waals surface area contributed by atoms with Gasteiger partial charge < -0.3 is 14.8 Å². The van der Waals surface area contributed by atoms with Crippen LogP contribution in [0.1, 0.15) is 22.6 Å². The van der Waals surface area contributed by atoms with Gasteiger partial charge in [0.2, 0.25) is 5.88 Å². The summed E-state index contributed by atoms with van der Waals surface area (Å²) in [5.41, 5.74) is 1.29. The molecule has 0 bridgehead atoms. The van der Waals surface area contributed by atoms with Gasteiger partial charge in [0.1, 0.15) is 11.8 Å². The summed E-state index contributed by atoms with van der Waals surface area (Å²) in [6, 6.07) is 5.34. The molecule has 0 spiro atoms. The standard InChI is InChI=1S/C17H18N4O3S/c1-11-15(21-7-9-25-17(21)19-11)16(22)20-12-5-8-23-10-13(12)24-14-4-2-3-6-18-14/h2-4,6-7,9,12-13H,5,8,10H2,1H3,(H,20,22)/t12-,13-/m1/s1. The van der Waals surface area contributed by atoms with Crippen LogP contribution >= 0.6 is 11.3 Å². The van der Waals surface area contributed by atoms with Gasteiger partial charge in [-0.2, -0.15) is 0 Å². The number of nitrogens with zero attached hydrogens (tertiary/aromatic N) is 3. The van der Waals surface area contributed by atoms with Gasteiger partial charge in [-0.1, -0.05) is 6.07 Å². The van der Waals surface area contributed by atoms with Crippen molar-refractivity contribution < 1.29 is 14.3 Å². The van der Waals surface area contributed by atoms with Crippen molar-refractivity contribution in [2.24, 2.45) is 0 Å². The van der Waals surface area contributed by atoms with E-state index in [0.717, 1.165) is 10.7 Å². The lowest BCUT2D eigenvalue weighted by molar-refractivity contribution is -0.0153. The highest BCUT2D eigenvalue weighted by molar-refractivity contribution is 7.15. The van der Waals surface area contributed by atoms with Gasteiger partial charge in [-0.3, -0.25) is 9.20 Å². The van der Waals surface area contributed by atoms with E-state index in [1.165, 1.54) is 11.3 Å². The van der Waals surface area contributed by atoms with Gasteiger partial charge in [0.25, 0.3) is 5.91 Å². The molecule has 1 aliphatic heterocycles. The van der Waals surface area contributed by atoms with Crippen molar-refractivity contribution in [3.05, 3.63) is 47.4 Å². The first-order valence-corrected chi connectivity index (χ1v) is 8.99. The van der Waals surface area contributed by atoms with Crippen LogP contribution in [-0.4, -0.2) is 45.6 Å². The molecule has 1 aliphatic rings. The van der Waals surface area contributed by atoms with E-state index in [2.05, 4.69) is 15.3 Å². The second kappa shape index (κ2) is 6.81. The Labute approximate surface area is 148 Å². The van der Waals surface area contributed by atoms with Gasteiger partial charge >= 0.3 is 0 Å². The SMILES string of the molecule is Cc1nc2sccn2c1C(=O)N[C@@H]1CCOC[C@H]1Oc1ccccn1. The molecule has 25 heavy (non-hydrogen) atoms. The number of hydrogen-bond acceptors (Lipinski definition) is 6. The first-order chi connectivity index (χ1) is 12.2. The Morgan fingerprint density at radius 3 is 3.24 bits per heavy atom. The zero-order chi connectivity index (χ0) is 17.2. The highest BCUT2D eigenvalue weighted by Crippen LogP contribution is 2.19. The fourth-order valence-corrected chi connectivity index (χ4v) is 3.73. The molecule has 2 atom stereocenters. The Hall–Kier alpha value is -2.45. The average molecular weight is 358 g/mol. The molecule has 0 aliphatic carbocycles. The molecule has 1 fully saturated rings. The highest BCUT2D eigenvalue weighted by Gasteiger charge is 2.31. The van der Waals surface area contributed by atoms with Crippen LogP contribution < -0.4 is 10.1 Å². The summed E-state index contributed by atoms with van der Waals surface area (Å²) in [5, 5.41) is 5.00. The number of nitrogens with one attached hydrogen (secondary N) is 1. The van der Waals surface area contributed by atoms with E-state index in [1.54, 1.807) is 12.3 Å². The van der Waals surface area contributed by atoms with Crippen molar-refractivity contribution in [1.82, 2.24) is 19.7 Å². The number of rotatable bonds is 4. The van der Waals surface area contributed by atoms with Gasteiger partial charge in [-0.15, -0.1) is 11.3 Å². The van der Waals surface area contributed by atoms with Crippen molar-refractivity contribution >= 4 is 22.2 Å². The molecule has 0 aromatic carbocycles. The van der Waals surface area contributed by atoms with Crippen molar-refractivity contribution in [1.29, 1.82) is 0 Å². The molecule has 4 heterocycles. The quantitative estimate of drug-likeness (QED) is 0.772. The van der Waals surface area contributed by atoms with Crippen LogP contribution in [0.25, 0.3) is 4.96 Å². The number of carbonyl (C=O) groups is 1. The van der Waals surface area contributed by atoms with Gasteiger partial charge in [0.05, 0.1) is 18.3 Å². The third-order valence-corrected chi connectivity index (χ3v) is 4.94. The number of pyridine rings is 1. The molecule has 1 amide bonds. The Balaban J connectivity index is 1.52. The van der Waals surface area contributed by atoms with Gasteiger partial charge in [-0.25, -0.2) is 9.97 Å². The first-order valence-electron chi connectivity index (χ1n) is 8.11. The molecule has 1 N–H and O–H groups in total. The van der Waals surface area contributed by atoms with E-state index in [4.69, 9.17) is 9.47 Å². The molecule has 130 valence electrons. The minimum absolute atomic E-state index is 0.146. The number of ether oxygens (including phenoxy) is 2. The predicted molar refractivity (Wildman–Crippen MR) is 93.1 cm³/mol. The Morgan fingerprint density at radius 1 is 1.48 bits per heavy atom. The Morgan fingerprint density at radius 2 is 2.40 bits per heavy atom. The summed E-state index contributed by atoms with van der Waals surface area (Å²) < 4.78 is 13.3. The van der Waals surface area contributed by atoms with E-state index in [9.17, 15) is 4.79 Å². The Bertz CT molecular complexity index is 877. The molecule has 8 heteroatoms. The van der Waals surface area contributed by atoms with E-state index in [-0.39, 0.29) is 18.1 Å². The number of thiazole rings is 1. The summed E-state index contributed by atoms with van der Waals surface area (Å²) in [6.45, 7) is 2.85. The highest BCUT2D eigenvalue weighted by atomic mass is 32.1. The number of amides is 1. The molecule has 0 radical (unpaired) electrons. The maximum absolute atomic E-state index is 12.8. The Kier molecular flexibility index (Phi) is 4.37. The van der Waals surface area contributed by atoms with Crippen LogP contribution in [-0.2, 0) is 4.74 Å². The molecule has 7 nitrogen and oxygen atoms in total. The molecule has 0 saturated carbocycles. The van der Waals surface area contributed by atoms with Gasteiger partial charge in [0, 0.05) is 30.4 Å². The number of fused-ring (bicyclic) bond motifs is 1. The smallest absolute Gasteiger partial charge is 0.270 e. The van der Waals surface area contributed by atoms with Crippen molar-refractivity contribution in [3.63, 3.8) is 0 Å². The number of hydrogen-bond donors (Lipinski definition) is 1. The van der Waals surface area contributed by atoms with E-state index in [1.807, 2.05) is 35.0 Å². The third kappa shape index (κ3) is 3.22. The molecule has 4 rings (SSSR count). The minimum atomic E-state index is -0.279. The van der Waals surface area contributed by atoms with Gasteiger partial charge in [-0.05, 0) is 19.4 Å². The van der Waals surface area contributed by atoms with Crippen LogP contribution in [0.3, 0.4) is 0 Å². The fraction of sp³-hybridized carbons (Fsp3) is 0.353. The van der Waals surface area contributed by atoms with E-state index < -0.39 is 0 Å². The minimum Gasteiger partial charge on any atom is -0.470 e. The fourth-order valence-electron chi connectivity index (χ4n) is 2.97. The van der Waals surface area contributed by atoms with Crippen LogP contribution in [0.5, 0.6) is 5.88 Å². The molecule has 0 unspecified atom stereocenters. The average Bonchev–Trinajstić information content (AvgIpc) is 3.17. The summed E-state index contributed by atoms with van der Waals surface area (Å²) in [5.74, 6) is 0.378. The zero-order valence-electron chi connectivity index (χ0n) is 13.7. The monoisotopic (exact) mass is 358 g/mol. The second-order valence-corrected chi connectivity index (χ2v) is 6.74. The summed E-state index contributed by atoms with van der Waals surface area (Å²) in [7, 11) is 0. The second-order valence-electron chi connectivity index (χ2n) is 5.87. The summed E-state index contributed by atoms with van der Waals surface area (Å²) in [6.07, 6.45) is 3.95. The lowest BCUT2D eigenvalue weighted by Gasteiger charge is -2.32.